The second kappa shape index (κ2) is 2.54. The maximum absolute atomic E-state index is 7.46. The van der Waals surface area contributed by atoms with Crippen molar-refractivity contribution in [2.45, 2.75) is 0 Å². The van der Waals surface area contributed by atoms with Crippen LogP contribution in [0.3, 0.4) is 0 Å². The summed E-state index contributed by atoms with van der Waals surface area (Å²) >= 11 is 0. The van der Waals surface area contributed by atoms with Gasteiger partial charge >= 0.3 is 0 Å². The van der Waals surface area contributed by atoms with E-state index in [0.717, 1.165) is 5.69 Å². The lowest BCUT2D eigenvalue weighted by Gasteiger charge is -1.96. The quantitative estimate of drug-likeness (QED) is 0.608. The molecule has 0 unspecified atom stereocenters. The van der Waals surface area contributed by atoms with Crippen LogP contribution in [0.5, 0.6) is 0 Å². The Morgan fingerprint density at radius 2 is 2.09 bits per heavy atom. The van der Waals surface area contributed by atoms with Gasteiger partial charge in [-0.05, 0) is 12.1 Å². The van der Waals surface area contributed by atoms with Crippen LogP contribution in [0, 0.1) is 0 Å². The van der Waals surface area contributed by atoms with Crippen LogP contribution in [-0.2, 0) is 0 Å². The maximum Gasteiger partial charge on any atom is 0.0877 e. The van der Waals surface area contributed by atoms with Crippen LogP contribution in [0.2, 0.25) is 0 Å². The van der Waals surface area contributed by atoms with Gasteiger partial charge < -0.3 is 0 Å². The van der Waals surface area contributed by atoms with Crippen molar-refractivity contribution in [2.24, 2.45) is 0 Å². The predicted octanol–water partition coefficient (Wildman–Crippen LogP) is 1.27. The van der Waals surface area contributed by atoms with Crippen molar-refractivity contribution in [1.29, 1.82) is 0 Å². The van der Waals surface area contributed by atoms with Crippen LogP contribution >= 0.6 is 0 Å². The van der Waals surface area contributed by atoms with Gasteiger partial charge in [-0.2, -0.15) is 0 Å². The fraction of sp³-hybridized carbons (Fsp3) is 0. The van der Waals surface area contributed by atoms with E-state index in [0.29, 0.717) is 0 Å². The molecule has 0 spiro atoms. The van der Waals surface area contributed by atoms with Crippen LogP contribution < -0.4 is 0 Å². The first-order valence-electron chi connectivity index (χ1n) is 4.23. The average Bonchev–Trinajstić information content (AvgIpc) is 2.49. The van der Waals surface area contributed by atoms with Crippen molar-refractivity contribution in [3.05, 3.63) is 42.7 Å². The molecule has 3 heteroatoms. The molecule has 0 atom stereocenters. The van der Waals surface area contributed by atoms with Gasteiger partial charge in [0.15, 0.2) is 0 Å². The SMILES string of the molecule is [2H]c1nnn(-c2ccccc2)c1[2H]. The zero-order valence-electron chi connectivity index (χ0n) is 7.73. The maximum atomic E-state index is 7.46. The standard InChI is InChI=1S/C8H7N3/c1-2-4-8(5-3-1)11-7-6-9-10-11/h1-7H/i6D,7D. The molecular formula is C8H7N3. The summed E-state index contributed by atoms with van der Waals surface area (Å²) in [6.45, 7) is 0. The summed E-state index contributed by atoms with van der Waals surface area (Å²) in [4.78, 5) is 0. The highest BCUT2D eigenvalue weighted by atomic mass is 15.4. The van der Waals surface area contributed by atoms with Crippen LogP contribution in [-0.4, -0.2) is 15.0 Å². The Hall–Kier alpha value is -1.64. The average molecular weight is 147 g/mol. The van der Waals surface area contributed by atoms with E-state index < -0.39 is 0 Å². The molecule has 1 aromatic carbocycles. The van der Waals surface area contributed by atoms with E-state index in [1.165, 1.54) is 4.68 Å². The molecule has 54 valence electrons. The molecule has 0 amide bonds. The van der Waals surface area contributed by atoms with Gasteiger partial charge in [-0.15, -0.1) is 5.10 Å². The molecule has 0 bridgehead atoms. The minimum Gasteiger partial charge on any atom is -0.221 e. The van der Waals surface area contributed by atoms with Gasteiger partial charge in [-0.1, -0.05) is 23.4 Å². The number of para-hydroxylation sites is 1. The number of hydrogen-bond donors (Lipinski definition) is 0. The highest BCUT2D eigenvalue weighted by molar-refractivity contribution is 5.29. The number of hydrogen-bond acceptors (Lipinski definition) is 2. The number of nitrogens with zero attached hydrogens (tertiary/aromatic N) is 3. The number of benzene rings is 1. The monoisotopic (exact) mass is 147 g/mol. The lowest BCUT2D eigenvalue weighted by Crippen LogP contribution is -1.93. The van der Waals surface area contributed by atoms with Gasteiger partial charge in [0.1, 0.15) is 0 Å². The van der Waals surface area contributed by atoms with Gasteiger partial charge in [-0.25, -0.2) is 4.68 Å². The first kappa shape index (κ1) is 4.28. The third-order valence-electron chi connectivity index (χ3n) is 1.34. The molecule has 0 N–H and O–H groups in total. The first-order valence-corrected chi connectivity index (χ1v) is 3.23. The normalized spacial score (nSPS) is 12.4. The van der Waals surface area contributed by atoms with Gasteiger partial charge in [0.2, 0.25) is 0 Å². The molecule has 1 heterocycles. The van der Waals surface area contributed by atoms with Gasteiger partial charge in [0.25, 0.3) is 0 Å². The second-order valence-electron chi connectivity index (χ2n) is 2.06. The van der Waals surface area contributed by atoms with E-state index in [1.54, 1.807) is 0 Å². The van der Waals surface area contributed by atoms with Gasteiger partial charge in [0.05, 0.1) is 20.8 Å². The molecule has 11 heavy (non-hydrogen) atoms. The summed E-state index contributed by atoms with van der Waals surface area (Å²) in [6, 6.07) is 9.20. The summed E-state index contributed by atoms with van der Waals surface area (Å²) in [5.74, 6) is 0. The van der Waals surface area contributed by atoms with Crippen LogP contribution in [0.1, 0.15) is 2.74 Å². The van der Waals surface area contributed by atoms with E-state index in [4.69, 9.17) is 2.74 Å². The molecule has 0 aliphatic rings. The van der Waals surface area contributed by atoms with Crippen LogP contribution in [0.15, 0.2) is 42.7 Å². The topological polar surface area (TPSA) is 30.7 Å². The van der Waals surface area contributed by atoms with Crippen molar-refractivity contribution < 1.29 is 2.74 Å². The summed E-state index contributed by atoms with van der Waals surface area (Å²) < 4.78 is 16.0. The van der Waals surface area contributed by atoms with Crippen molar-refractivity contribution in [3.8, 4) is 5.69 Å². The molecular weight excluding hydrogens is 138 g/mol. The zero-order valence-corrected chi connectivity index (χ0v) is 5.73. The molecule has 2 rings (SSSR count). The molecule has 0 aliphatic carbocycles. The Kier molecular flexibility index (Phi) is 0.988. The summed E-state index contributed by atoms with van der Waals surface area (Å²) in [5, 5.41) is 7.16. The second-order valence-corrected chi connectivity index (χ2v) is 2.06. The number of rotatable bonds is 1. The Labute approximate surface area is 67.1 Å². The molecule has 3 nitrogen and oxygen atoms in total. The largest absolute Gasteiger partial charge is 0.221 e. The minimum atomic E-state index is -0.108. The van der Waals surface area contributed by atoms with Crippen molar-refractivity contribution in [1.82, 2.24) is 15.0 Å². The molecule has 1 aromatic heterocycles. The van der Waals surface area contributed by atoms with E-state index >= 15 is 0 Å². The van der Waals surface area contributed by atoms with E-state index in [-0.39, 0.29) is 12.3 Å². The Morgan fingerprint density at radius 1 is 1.27 bits per heavy atom. The summed E-state index contributed by atoms with van der Waals surface area (Å²) in [7, 11) is 0. The third-order valence-corrected chi connectivity index (χ3v) is 1.34. The molecule has 0 radical (unpaired) electrons. The predicted molar refractivity (Wildman–Crippen MR) is 41.4 cm³/mol. The smallest absolute Gasteiger partial charge is 0.0877 e. The van der Waals surface area contributed by atoms with E-state index in [1.807, 2.05) is 30.3 Å². The Morgan fingerprint density at radius 3 is 2.73 bits per heavy atom. The fourth-order valence-corrected chi connectivity index (χ4v) is 0.845. The van der Waals surface area contributed by atoms with Crippen molar-refractivity contribution in [3.63, 3.8) is 0 Å². The zero-order chi connectivity index (χ0) is 9.26. The van der Waals surface area contributed by atoms with Gasteiger partial charge in [-0.3, -0.25) is 0 Å². The minimum absolute atomic E-state index is 0.00574. The van der Waals surface area contributed by atoms with Crippen molar-refractivity contribution in [2.75, 3.05) is 0 Å². The third kappa shape index (κ3) is 1.12. The first-order chi connectivity index (χ1) is 6.29. The molecule has 2 aromatic rings. The lowest BCUT2D eigenvalue weighted by atomic mass is 10.3. The molecule has 0 aliphatic heterocycles. The molecule has 0 saturated heterocycles. The van der Waals surface area contributed by atoms with Gasteiger partial charge in [0, 0.05) is 0 Å². The van der Waals surface area contributed by atoms with E-state index in [2.05, 4.69) is 10.3 Å². The molecule has 0 saturated carbocycles. The number of aromatic nitrogens is 3. The molecule has 0 fully saturated rings. The van der Waals surface area contributed by atoms with Crippen LogP contribution in [0.4, 0.5) is 0 Å². The summed E-state index contributed by atoms with van der Waals surface area (Å²) in [5.41, 5.74) is 0.749. The highest BCUT2D eigenvalue weighted by Gasteiger charge is 1.91. The van der Waals surface area contributed by atoms with E-state index in [9.17, 15) is 0 Å². The highest BCUT2D eigenvalue weighted by Crippen LogP contribution is 2.02. The fourth-order valence-electron chi connectivity index (χ4n) is 0.845. The van der Waals surface area contributed by atoms with Crippen LogP contribution in [0.25, 0.3) is 5.69 Å². The summed E-state index contributed by atoms with van der Waals surface area (Å²) in [6.07, 6.45) is -0.102. The Bertz CT molecular complexity index is 411. The van der Waals surface area contributed by atoms with Crippen molar-refractivity contribution >= 4 is 0 Å². The lowest BCUT2D eigenvalue weighted by molar-refractivity contribution is 0.803. The Balaban J connectivity index is 2.53.